The Balaban J connectivity index is 2.39. The van der Waals surface area contributed by atoms with Gasteiger partial charge in [-0.2, -0.15) is 0 Å². The van der Waals surface area contributed by atoms with E-state index in [4.69, 9.17) is 4.74 Å². The van der Waals surface area contributed by atoms with Crippen LogP contribution in [0.5, 0.6) is 0 Å². The normalized spacial score (nSPS) is 11.1. The topological polar surface area (TPSA) is 95.3 Å². The van der Waals surface area contributed by atoms with Gasteiger partial charge in [-0.1, -0.05) is 5.21 Å². The van der Waals surface area contributed by atoms with Crippen LogP contribution in [0.1, 0.15) is 37.7 Å². The number of amides is 1. The summed E-state index contributed by atoms with van der Waals surface area (Å²) in [7, 11) is 1.28. The number of rotatable bonds is 5. The van der Waals surface area contributed by atoms with Crippen molar-refractivity contribution >= 4 is 28.0 Å². The van der Waals surface area contributed by atoms with Crippen LogP contribution in [0.2, 0.25) is 0 Å². The van der Waals surface area contributed by atoms with E-state index in [0.717, 1.165) is 0 Å². The minimum Gasteiger partial charge on any atom is -0.464 e. The fourth-order valence-corrected chi connectivity index (χ4v) is 1.89. The number of aryl methyl sites for hydroxylation is 1. The van der Waals surface area contributed by atoms with Gasteiger partial charge < -0.3 is 14.8 Å². The predicted octanol–water partition coefficient (Wildman–Crippen LogP) is 1.74. The van der Waals surface area contributed by atoms with Crippen LogP contribution in [0.4, 0.5) is 4.79 Å². The van der Waals surface area contributed by atoms with Gasteiger partial charge in [-0.15, -0.1) is 5.10 Å². The van der Waals surface area contributed by atoms with Gasteiger partial charge in [0.1, 0.15) is 10.2 Å². The van der Waals surface area contributed by atoms with Crippen molar-refractivity contribution in [2.24, 2.45) is 0 Å². The Bertz CT molecular complexity index is 510. The highest BCUT2D eigenvalue weighted by Gasteiger charge is 2.18. The average molecular weight is 363 g/mol. The molecule has 0 aliphatic heterocycles. The second-order valence-corrected chi connectivity index (χ2v) is 5.98. The van der Waals surface area contributed by atoms with Gasteiger partial charge in [0.25, 0.3) is 0 Å². The number of carbonyl (C=O) groups excluding carboxylic acids is 2. The molecule has 1 rings (SSSR count). The Morgan fingerprint density at radius 2 is 2.05 bits per heavy atom. The van der Waals surface area contributed by atoms with E-state index in [-0.39, 0.29) is 5.69 Å². The molecule has 8 nitrogen and oxygen atoms in total. The van der Waals surface area contributed by atoms with Crippen molar-refractivity contribution in [3.8, 4) is 0 Å². The van der Waals surface area contributed by atoms with E-state index in [9.17, 15) is 9.59 Å². The van der Waals surface area contributed by atoms with Crippen LogP contribution in [0.25, 0.3) is 0 Å². The number of hydrogen-bond acceptors (Lipinski definition) is 6. The fourth-order valence-electron chi connectivity index (χ4n) is 1.40. The van der Waals surface area contributed by atoms with Gasteiger partial charge in [0.2, 0.25) is 5.69 Å². The van der Waals surface area contributed by atoms with E-state index in [1.165, 1.54) is 11.8 Å². The molecule has 0 unspecified atom stereocenters. The van der Waals surface area contributed by atoms with E-state index in [0.29, 0.717) is 24.1 Å². The SMILES string of the molecule is COC(=O)c1nnn(CCCNC(=O)OC(C)(C)C)c1Br. The maximum Gasteiger partial charge on any atom is 0.407 e. The molecule has 0 aliphatic rings. The maximum absolute atomic E-state index is 11.4. The molecule has 0 aromatic carbocycles. The van der Waals surface area contributed by atoms with Crippen molar-refractivity contribution in [2.75, 3.05) is 13.7 Å². The van der Waals surface area contributed by atoms with Gasteiger partial charge in [-0.25, -0.2) is 14.3 Å². The van der Waals surface area contributed by atoms with Crippen molar-refractivity contribution in [1.29, 1.82) is 0 Å². The molecule has 9 heteroatoms. The molecule has 118 valence electrons. The number of esters is 1. The summed E-state index contributed by atoms with van der Waals surface area (Å²) in [6.07, 6.45) is 0.150. The molecule has 21 heavy (non-hydrogen) atoms. The van der Waals surface area contributed by atoms with E-state index >= 15 is 0 Å². The van der Waals surface area contributed by atoms with Crippen LogP contribution in [0, 0.1) is 0 Å². The summed E-state index contributed by atoms with van der Waals surface area (Å²) in [5.74, 6) is -0.556. The Labute approximate surface area is 131 Å². The number of hydrogen-bond donors (Lipinski definition) is 1. The fraction of sp³-hybridized carbons (Fsp3) is 0.667. The highest BCUT2D eigenvalue weighted by atomic mass is 79.9. The zero-order valence-electron chi connectivity index (χ0n) is 12.5. The molecule has 0 radical (unpaired) electrons. The average Bonchev–Trinajstić information content (AvgIpc) is 2.73. The second kappa shape index (κ2) is 7.39. The molecule has 0 spiro atoms. The molecule has 1 N–H and O–H groups in total. The minimum atomic E-state index is -0.556. The Morgan fingerprint density at radius 3 is 2.62 bits per heavy atom. The molecule has 1 heterocycles. The molecule has 1 aromatic heterocycles. The van der Waals surface area contributed by atoms with Gasteiger partial charge in [0, 0.05) is 13.1 Å². The predicted molar refractivity (Wildman–Crippen MR) is 77.9 cm³/mol. The van der Waals surface area contributed by atoms with Crippen LogP contribution in [-0.4, -0.2) is 46.3 Å². The third-order valence-corrected chi connectivity index (χ3v) is 3.05. The Kier molecular flexibility index (Phi) is 6.13. The summed E-state index contributed by atoms with van der Waals surface area (Å²) in [5, 5.41) is 10.2. The summed E-state index contributed by atoms with van der Waals surface area (Å²) < 4.78 is 11.7. The lowest BCUT2D eigenvalue weighted by Crippen LogP contribution is -2.33. The smallest absolute Gasteiger partial charge is 0.407 e. The number of nitrogens with zero attached hydrogens (tertiary/aromatic N) is 3. The van der Waals surface area contributed by atoms with Gasteiger partial charge in [-0.3, -0.25) is 0 Å². The van der Waals surface area contributed by atoms with Gasteiger partial charge in [-0.05, 0) is 43.1 Å². The third kappa shape index (κ3) is 5.70. The number of alkyl carbamates (subject to hydrolysis) is 1. The van der Waals surface area contributed by atoms with Crippen LogP contribution in [-0.2, 0) is 16.0 Å². The summed E-state index contributed by atoms with van der Waals surface area (Å²) in [6, 6.07) is 0. The largest absolute Gasteiger partial charge is 0.464 e. The van der Waals surface area contributed by atoms with E-state index in [2.05, 4.69) is 36.3 Å². The van der Waals surface area contributed by atoms with Crippen LogP contribution in [0.15, 0.2) is 4.60 Å². The van der Waals surface area contributed by atoms with E-state index in [1.54, 1.807) is 20.8 Å². The maximum atomic E-state index is 11.4. The highest BCUT2D eigenvalue weighted by Crippen LogP contribution is 2.14. The molecule has 0 saturated carbocycles. The molecule has 1 amide bonds. The number of carbonyl (C=O) groups is 2. The first kappa shape index (κ1) is 17.4. The lowest BCUT2D eigenvalue weighted by Gasteiger charge is -2.19. The van der Waals surface area contributed by atoms with Crippen molar-refractivity contribution in [3.63, 3.8) is 0 Å². The van der Waals surface area contributed by atoms with Crippen molar-refractivity contribution in [1.82, 2.24) is 20.3 Å². The first-order valence-corrected chi connectivity index (χ1v) is 7.18. The number of ether oxygens (including phenoxy) is 2. The van der Waals surface area contributed by atoms with Crippen molar-refractivity contribution < 1.29 is 19.1 Å². The zero-order valence-corrected chi connectivity index (χ0v) is 14.1. The number of methoxy groups -OCH3 is 1. The molecule has 0 bridgehead atoms. The summed E-state index contributed by atoms with van der Waals surface area (Å²) >= 11 is 3.24. The van der Waals surface area contributed by atoms with Gasteiger partial charge >= 0.3 is 12.1 Å². The number of aromatic nitrogens is 3. The molecular weight excluding hydrogens is 344 g/mol. The number of nitrogens with one attached hydrogen (secondary N) is 1. The van der Waals surface area contributed by atoms with Crippen molar-refractivity contribution in [2.45, 2.75) is 39.3 Å². The summed E-state index contributed by atoms with van der Waals surface area (Å²) in [6.45, 7) is 6.31. The summed E-state index contributed by atoms with van der Waals surface area (Å²) in [5.41, 5.74) is -0.397. The summed E-state index contributed by atoms with van der Waals surface area (Å²) in [4.78, 5) is 22.8. The Morgan fingerprint density at radius 1 is 1.38 bits per heavy atom. The van der Waals surface area contributed by atoms with Crippen molar-refractivity contribution in [3.05, 3.63) is 10.3 Å². The number of halogens is 1. The monoisotopic (exact) mass is 362 g/mol. The third-order valence-electron chi connectivity index (χ3n) is 2.27. The standard InChI is InChI=1S/C12H19BrN4O4/c1-12(2,3)21-11(19)14-6-5-7-17-9(13)8(15-16-17)10(18)20-4/h5-7H2,1-4H3,(H,14,19). The van der Waals surface area contributed by atoms with Crippen LogP contribution >= 0.6 is 15.9 Å². The molecule has 1 aromatic rings. The second-order valence-electron chi connectivity index (χ2n) is 5.23. The van der Waals surface area contributed by atoms with Gasteiger partial charge in [0.05, 0.1) is 7.11 Å². The van der Waals surface area contributed by atoms with Crippen LogP contribution < -0.4 is 5.32 Å². The molecule has 0 fully saturated rings. The van der Waals surface area contributed by atoms with E-state index < -0.39 is 17.7 Å². The molecular formula is C12H19BrN4O4. The highest BCUT2D eigenvalue weighted by molar-refractivity contribution is 9.10. The first-order chi connectivity index (χ1) is 9.74. The molecule has 0 atom stereocenters. The minimum absolute atomic E-state index is 0.123. The zero-order chi connectivity index (χ0) is 16.0. The lowest BCUT2D eigenvalue weighted by atomic mass is 10.2. The van der Waals surface area contributed by atoms with Gasteiger partial charge in [0.15, 0.2) is 0 Å². The van der Waals surface area contributed by atoms with Crippen LogP contribution in [0.3, 0.4) is 0 Å². The molecule has 0 aliphatic carbocycles. The first-order valence-electron chi connectivity index (χ1n) is 6.38. The lowest BCUT2D eigenvalue weighted by molar-refractivity contribution is 0.0525. The molecule has 0 saturated heterocycles. The Hall–Kier alpha value is -1.64. The quantitative estimate of drug-likeness (QED) is 0.633. The van der Waals surface area contributed by atoms with E-state index in [1.807, 2.05) is 0 Å².